The van der Waals surface area contributed by atoms with E-state index in [-0.39, 0.29) is 6.03 Å². The molecule has 1 aliphatic heterocycles. The second kappa shape index (κ2) is 7.12. The van der Waals surface area contributed by atoms with Crippen molar-refractivity contribution >= 4 is 11.8 Å². The summed E-state index contributed by atoms with van der Waals surface area (Å²) in [5, 5.41) is 2.92. The molecular weight excluding hydrogens is 252 g/mol. The minimum atomic E-state index is -0.0152. The summed E-state index contributed by atoms with van der Waals surface area (Å²) in [5.41, 5.74) is 1.04. The van der Waals surface area contributed by atoms with Crippen LogP contribution in [0.4, 0.5) is 10.6 Å². The van der Waals surface area contributed by atoms with E-state index in [1.54, 1.807) is 4.90 Å². The van der Waals surface area contributed by atoms with E-state index in [0.717, 1.165) is 37.6 Å². The molecule has 20 heavy (non-hydrogen) atoms. The third kappa shape index (κ3) is 3.62. The average Bonchev–Trinajstić information content (AvgIpc) is 3.01. The Kier molecular flexibility index (Phi) is 5.21. The van der Waals surface area contributed by atoms with E-state index in [4.69, 9.17) is 0 Å². The van der Waals surface area contributed by atoms with Crippen molar-refractivity contribution in [2.75, 3.05) is 31.1 Å². The molecule has 0 bridgehead atoms. The van der Waals surface area contributed by atoms with Crippen LogP contribution in [0.2, 0.25) is 0 Å². The molecule has 0 aliphatic carbocycles. The van der Waals surface area contributed by atoms with Crippen molar-refractivity contribution in [3.8, 4) is 0 Å². The van der Waals surface area contributed by atoms with E-state index in [0.29, 0.717) is 6.54 Å². The van der Waals surface area contributed by atoms with Crippen molar-refractivity contribution in [1.29, 1.82) is 0 Å². The normalized spacial score (nSPS) is 14.4. The van der Waals surface area contributed by atoms with Crippen LogP contribution in [0.1, 0.15) is 32.3 Å². The molecule has 2 rings (SSSR count). The largest absolute Gasteiger partial charge is 0.357 e. The summed E-state index contributed by atoms with van der Waals surface area (Å²) in [5.74, 6) is 1.04. The van der Waals surface area contributed by atoms with E-state index >= 15 is 0 Å². The van der Waals surface area contributed by atoms with Gasteiger partial charge in [0.05, 0.1) is 0 Å². The number of aromatic nitrogens is 1. The average molecular weight is 276 g/mol. The van der Waals surface area contributed by atoms with Gasteiger partial charge in [0.2, 0.25) is 0 Å². The summed E-state index contributed by atoms with van der Waals surface area (Å²) < 4.78 is 0. The van der Waals surface area contributed by atoms with Gasteiger partial charge in [-0.25, -0.2) is 9.78 Å². The fraction of sp³-hybridized carbons (Fsp3) is 0.600. The monoisotopic (exact) mass is 276 g/mol. The van der Waals surface area contributed by atoms with Crippen LogP contribution in [-0.4, -0.2) is 42.1 Å². The molecule has 0 radical (unpaired) electrons. The van der Waals surface area contributed by atoms with Crippen LogP contribution in [0.3, 0.4) is 0 Å². The van der Waals surface area contributed by atoms with Gasteiger partial charge in [-0.3, -0.25) is 0 Å². The molecule has 110 valence electrons. The predicted octanol–water partition coefficient (Wildman–Crippen LogP) is 2.23. The molecule has 2 heterocycles. The van der Waals surface area contributed by atoms with Crippen molar-refractivity contribution < 1.29 is 4.79 Å². The van der Waals surface area contributed by atoms with Crippen LogP contribution in [-0.2, 0) is 6.54 Å². The van der Waals surface area contributed by atoms with E-state index in [2.05, 4.69) is 15.2 Å². The molecule has 1 saturated heterocycles. The van der Waals surface area contributed by atoms with Gasteiger partial charge >= 0.3 is 6.03 Å². The van der Waals surface area contributed by atoms with E-state index in [1.165, 1.54) is 12.8 Å². The van der Waals surface area contributed by atoms with Gasteiger partial charge in [0.1, 0.15) is 5.82 Å². The van der Waals surface area contributed by atoms with Crippen LogP contribution in [0.5, 0.6) is 0 Å². The highest BCUT2D eigenvalue weighted by Gasteiger charge is 2.13. The van der Waals surface area contributed by atoms with Crippen molar-refractivity contribution in [1.82, 2.24) is 15.2 Å². The highest BCUT2D eigenvalue weighted by molar-refractivity contribution is 5.74. The topological polar surface area (TPSA) is 48.5 Å². The lowest BCUT2D eigenvalue weighted by Crippen LogP contribution is -2.39. The van der Waals surface area contributed by atoms with E-state index < -0.39 is 0 Å². The van der Waals surface area contributed by atoms with Gasteiger partial charge in [-0.15, -0.1) is 0 Å². The van der Waals surface area contributed by atoms with Crippen LogP contribution in [0, 0.1) is 0 Å². The Hall–Kier alpha value is -1.78. The Bertz CT molecular complexity index is 422. The SMILES string of the molecule is CCN(CC)C(=O)NCc1ccc(N2CCCC2)nc1. The first-order chi connectivity index (χ1) is 9.74. The van der Waals surface area contributed by atoms with Gasteiger partial charge < -0.3 is 15.1 Å². The lowest BCUT2D eigenvalue weighted by Gasteiger charge is -2.19. The van der Waals surface area contributed by atoms with Gasteiger partial charge in [-0.2, -0.15) is 0 Å². The molecule has 1 N–H and O–H groups in total. The Labute approximate surface area is 121 Å². The number of nitrogens with one attached hydrogen (secondary N) is 1. The fourth-order valence-electron chi connectivity index (χ4n) is 2.45. The van der Waals surface area contributed by atoms with Crippen molar-refractivity contribution in [3.63, 3.8) is 0 Å². The number of carbonyl (C=O) groups excluding carboxylic acids is 1. The zero-order valence-corrected chi connectivity index (χ0v) is 12.4. The summed E-state index contributed by atoms with van der Waals surface area (Å²) in [4.78, 5) is 20.4. The standard InChI is InChI=1S/C15H24N4O/c1-3-18(4-2)15(20)17-12-13-7-8-14(16-11-13)19-9-5-6-10-19/h7-8,11H,3-6,9-10,12H2,1-2H3,(H,17,20). The Morgan fingerprint density at radius 1 is 1.30 bits per heavy atom. The molecule has 0 saturated carbocycles. The minimum absolute atomic E-state index is 0.0152. The molecule has 5 nitrogen and oxygen atoms in total. The first kappa shape index (κ1) is 14.6. The number of anilines is 1. The molecule has 1 aromatic heterocycles. The molecular formula is C15H24N4O. The maximum Gasteiger partial charge on any atom is 0.317 e. The third-order valence-corrected chi connectivity index (χ3v) is 3.73. The zero-order valence-electron chi connectivity index (χ0n) is 12.4. The number of pyridine rings is 1. The summed E-state index contributed by atoms with van der Waals surface area (Å²) in [6.07, 6.45) is 4.36. The molecule has 1 fully saturated rings. The maximum absolute atomic E-state index is 11.8. The van der Waals surface area contributed by atoms with Crippen LogP contribution < -0.4 is 10.2 Å². The van der Waals surface area contributed by atoms with Crippen molar-refractivity contribution in [2.45, 2.75) is 33.2 Å². The first-order valence-corrected chi connectivity index (χ1v) is 7.47. The molecule has 1 aromatic rings. The van der Waals surface area contributed by atoms with E-state index in [9.17, 15) is 4.79 Å². The lowest BCUT2D eigenvalue weighted by molar-refractivity contribution is 0.203. The number of nitrogens with zero attached hydrogens (tertiary/aromatic N) is 3. The van der Waals surface area contributed by atoms with Gasteiger partial charge in [0.25, 0.3) is 0 Å². The summed E-state index contributed by atoms with van der Waals surface area (Å²) in [6, 6.07) is 4.08. The molecule has 0 aromatic carbocycles. The summed E-state index contributed by atoms with van der Waals surface area (Å²) in [7, 11) is 0. The highest BCUT2D eigenvalue weighted by atomic mass is 16.2. The van der Waals surface area contributed by atoms with Gasteiger partial charge in [-0.05, 0) is 38.3 Å². The number of hydrogen-bond acceptors (Lipinski definition) is 3. The molecule has 5 heteroatoms. The number of carbonyl (C=O) groups is 1. The second-order valence-corrected chi connectivity index (χ2v) is 5.05. The van der Waals surface area contributed by atoms with Crippen LogP contribution >= 0.6 is 0 Å². The summed E-state index contributed by atoms with van der Waals surface area (Å²) >= 11 is 0. The smallest absolute Gasteiger partial charge is 0.317 e. The highest BCUT2D eigenvalue weighted by Crippen LogP contribution is 2.17. The van der Waals surface area contributed by atoms with Gasteiger partial charge in [-0.1, -0.05) is 6.07 Å². The predicted molar refractivity (Wildman–Crippen MR) is 80.8 cm³/mol. The third-order valence-electron chi connectivity index (χ3n) is 3.73. The van der Waals surface area contributed by atoms with Crippen LogP contribution in [0.25, 0.3) is 0 Å². The quantitative estimate of drug-likeness (QED) is 0.897. The zero-order chi connectivity index (χ0) is 14.4. The van der Waals surface area contributed by atoms with Gasteiger partial charge in [0, 0.05) is 38.9 Å². The number of rotatable bonds is 5. The first-order valence-electron chi connectivity index (χ1n) is 7.47. The van der Waals surface area contributed by atoms with Crippen molar-refractivity contribution in [2.24, 2.45) is 0 Å². The number of amides is 2. The minimum Gasteiger partial charge on any atom is -0.357 e. The second-order valence-electron chi connectivity index (χ2n) is 5.05. The Balaban J connectivity index is 1.86. The van der Waals surface area contributed by atoms with Crippen molar-refractivity contribution in [3.05, 3.63) is 23.9 Å². The summed E-state index contributed by atoms with van der Waals surface area (Å²) in [6.45, 7) is 8.16. The van der Waals surface area contributed by atoms with E-state index in [1.807, 2.05) is 32.2 Å². The Morgan fingerprint density at radius 3 is 2.55 bits per heavy atom. The molecule has 1 aliphatic rings. The fourth-order valence-corrected chi connectivity index (χ4v) is 2.45. The lowest BCUT2D eigenvalue weighted by atomic mass is 10.3. The number of urea groups is 1. The molecule has 0 spiro atoms. The maximum atomic E-state index is 11.8. The van der Waals surface area contributed by atoms with Crippen LogP contribution in [0.15, 0.2) is 18.3 Å². The Morgan fingerprint density at radius 2 is 2.00 bits per heavy atom. The number of hydrogen-bond donors (Lipinski definition) is 1. The molecule has 0 unspecified atom stereocenters. The molecule has 0 atom stereocenters. The molecule has 2 amide bonds. The van der Waals surface area contributed by atoms with Gasteiger partial charge in [0.15, 0.2) is 0 Å².